The molecule has 1 heterocycles. The molecule has 0 aromatic heterocycles. The summed E-state index contributed by atoms with van der Waals surface area (Å²) in [4.78, 5) is 0. The Kier molecular flexibility index (Phi) is 5.23. The maximum absolute atomic E-state index is 3.79. The molecule has 2 unspecified atom stereocenters. The molecule has 148 valence electrons. The van der Waals surface area contributed by atoms with Gasteiger partial charge in [0.15, 0.2) is 0 Å². The molecule has 3 aromatic rings. The van der Waals surface area contributed by atoms with Crippen molar-refractivity contribution in [1.29, 1.82) is 0 Å². The molecule has 1 saturated heterocycles. The van der Waals surface area contributed by atoms with Gasteiger partial charge in [-0.15, -0.1) is 5.53 Å². The lowest BCUT2D eigenvalue weighted by Gasteiger charge is -2.36. The van der Waals surface area contributed by atoms with Gasteiger partial charge in [-0.3, -0.25) is 10.0 Å². The number of anilines is 2. The van der Waals surface area contributed by atoms with Crippen LogP contribution in [0, 0.1) is 5.92 Å². The van der Waals surface area contributed by atoms with E-state index in [1.807, 2.05) is 0 Å². The van der Waals surface area contributed by atoms with Crippen LogP contribution in [0.25, 0.3) is 0 Å². The Balaban J connectivity index is 1.62. The number of nitrogens with one attached hydrogen (secondary N) is 1. The normalized spacial score (nSPS) is 22.8. The quantitative estimate of drug-likeness (QED) is 0.585. The molecule has 3 aromatic carbocycles. The lowest BCUT2D eigenvalue weighted by atomic mass is 9.79. The predicted molar refractivity (Wildman–Crippen MR) is 121 cm³/mol. The van der Waals surface area contributed by atoms with Crippen LogP contribution in [-0.2, 0) is 0 Å². The predicted octanol–water partition coefficient (Wildman–Crippen LogP) is 6.12. The molecule has 3 heteroatoms. The van der Waals surface area contributed by atoms with Crippen LogP contribution in [0.1, 0.15) is 43.7 Å². The molecule has 0 radical (unpaired) electrons. The molecule has 5 rings (SSSR count). The number of nitrogens with zero attached hydrogens (tertiary/aromatic N) is 2. The first-order valence-corrected chi connectivity index (χ1v) is 10.9. The van der Waals surface area contributed by atoms with Gasteiger partial charge in [0, 0.05) is 0 Å². The van der Waals surface area contributed by atoms with E-state index in [2.05, 4.69) is 107 Å². The molecule has 3 nitrogen and oxygen atoms in total. The van der Waals surface area contributed by atoms with E-state index >= 15 is 0 Å². The van der Waals surface area contributed by atoms with Crippen molar-refractivity contribution >= 4 is 11.4 Å². The number of rotatable bonds is 4. The zero-order chi connectivity index (χ0) is 19.5. The smallest absolute Gasteiger partial charge is 0.0944 e. The van der Waals surface area contributed by atoms with E-state index in [1.165, 1.54) is 49.0 Å². The molecule has 0 spiro atoms. The Hall–Kier alpha value is -2.78. The van der Waals surface area contributed by atoms with Gasteiger partial charge in [-0.05, 0) is 48.6 Å². The summed E-state index contributed by atoms with van der Waals surface area (Å²) in [6, 6.07) is 33.2. The molecule has 2 atom stereocenters. The highest BCUT2D eigenvalue weighted by molar-refractivity contribution is 5.56. The van der Waals surface area contributed by atoms with Gasteiger partial charge in [0.25, 0.3) is 0 Å². The molecule has 2 fully saturated rings. The van der Waals surface area contributed by atoms with Crippen LogP contribution in [0.15, 0.2) is 91.0 Å². The van der Waals surface area contributed by atoms with Crippen molar-refractivity contribution in [3.63, 3.8) is 0 Å². The monoisotopic (exact) mass is 383 g/mol. The average Bonchev–Trinajstić information content (AvgIpc) is 3.22. The maximum atomic E-state index is 3.79. The third-order valence-electron chi connectivity index (χ3n) is 6.46. The van der Waals surface area contributed by atoms with Gasteiger partial charge in [0.05, 0.1) is 23.5 Å². The van der Waals surface area contributed by atoms with Crippen LogP contribution in [0.5, 0.6) is 0 Å². The van der Waals surface area contributed by atoms with Crippen molar-refractivity contribution < 1.29 is 0 Å². The number of benzene rings is 3. The van der Waals surface area contributed by atoms with E-state index in [9.17, 15) is 0 Å². The van der Waals surface area contributed by atoms with E-state index in [1.54, 1.807) is 0 Å². The zero-order valence-corrected chi connectivity index (χ0v) is 16.8. The molecule has 1 aliphatic carbocycles. The molecular weight excluding hydrogens is 354 g/mol. The molecule has 0 bridgehead atoms. The van der Waals surface area contributed by atoms with Crippen molar-refractivity contribution in [3.05, 3.63) is 96.6 Å². The molecule has 2 aliphatic rings. The Labute approximate surface area is 173 Å². The van der Waals surface area contributed by atoms with Gasteiger partial charge in [0.2, 0.25) is 0 Å². The lowest BCUT2D eigenvalue weighted by Crippen LogP contribution is -2.44. The SMILES string of the molecule is c1ccc(C2C(C3CCCCC3)N(c3ccccc3)NN2c2ccccc2)cc1. The highest BCUT2D eigenvalue weighted by Gasteiger charge is 2.45. The Morgan fingerprint density at radius 2 is 1.10 bits per heavy atom. The lowest BCUT2D eigenvalue weighted by molar-refractivity contribution is 0.288. The summed E-state index contributed by atoms with van der Waals surface area (Å²) in [5.41, 5.74) is 7.61. The van der Waals surface area contributed by atoms with Crippen molar-refractivity contribution in [1.82, 2.24) is 5.53 Å². The summed E-state index contributed by atoms with van der Waals surface area (Å²) >= 11 is 0. The Morgan fingerprint density at radius 3 is 1.69 bits per heavy atom. The maximum Gasteiger partial charge on any atom is 0.0944 e. The average molecular weight is 384 g/mol. The second-order valence-corrected chi connectivity index (χ2v) is 8.26. The third kappa shape index (κ3) is 3.63. The largest absolute Gasteiger partial charge is 0.285 e. The van der Waals surface area contributed by atoms with Crippen molar-refractivity contribution in [2.75, 3.05) is 10.0 Å². The van der Waals surface area contributed by atoms with Crippen LogP contribution in [0.2, 0.25) is 0 Å². The van der Waals surface area contributed by atoms with E-state index < -0.39 is 0 Å². The molecule has 1 N–H and O–H groups in total. The van der Waals surface area contributed by atoms with Crippen LogP contribution in [0.4, 0.5) is 11.4 Å². The van der Waals surface area contributed by atoms with Crippen LogP contribution < -0.4 is 15.6 Å². The van der Waals surface area contributed by atoms with Gasteiger partial charge in [-0.25, -0.2) is 0 Å². The van der Waals surface area contributed by atoms with Crippen molar-refractivity contribution in [2.24, 2.45) is 5.92 Å². The van der Waals surface area contributed by atoms with Gasteiger partial charge < -0.3 is 0 Å². The van der Waals surface area contributed by atoms with E-state index in [0.717, 1.165) is 0 Å². The molecule has 1 saturated carbocycles. The summed E-state index contributed by atoms with van der Waals surface area (Å²) < 4.78 is 0. The topological polar surface area (TPSA) is 18.5 Å². The van der Waals surface area contributed by atoms with Crippen LogP contribution in [-0.4, -0.2) is 6.04 Å². The number of para-hydroxylation sites is 2. The second-order valence-electron chi connectivity index (χ2n) is 8.26. The highest BCUT2D eigenvalue weighted by Crippen LogP contribution is 2.44. The minimum Gasteiger partial charge on any atom is -0.285 e. The van der Waals surface area contributed by atoms with Crippen molar-refractivity contribution in [2.45, 2.75) is 44.2 Å². The number of hydrogen-bond acceptors (Lipinski definition) is 3. The minimum atomic E-state index is 0.266. The fraction of sp³-hybridized carbons (Fsp3) is 0.308. The first kappa shape index (κ1) is 18.3. The van der Waals surface area contributed by atoms with Gasteiger partial charge in [-0.1, -0.05) is 86.0 Å². The third-order valence-corrected chi connectivity index (χ3v) is 6.46. The highest BCUT2D eigenvalue weighted by atomic mass is 15.8. The first-order chi connectivity index (χ1) is 14.4. The fourth-order valence-electron chi connectivity index (χ4n) is 5.11. The summed E-state index contributed by atoms with van der Waals surface area (Å²) in [6.45, 7) is 0. The van der Waals surface area contributed by atoms with Gasteiger partial charge >= 0.3 is 0 Å². The number of hydrogen-bond donors (Lipinski definition) is 1. The fourth-order valence-corrected chi connectivity index (χ4v) is 5.11. The molecule has 1 aliphatic heterocycles. The molecule has 0 amide bonds. The molecule has 29 heavy (non-hydrogen) atoms. The van der Waals surface area contributed by atoms with Crippen molar-refractivity contribution in [3.8, 4) is 0 Å². The summed E-state index contributed by atoms with van der Waals surface area (Å²) in [5.74, 6) is 0.676. The van der Waals surface area contributed by atoms with E-state index in [0.29, 0.717) is 12.0 Å². The standard InChI is InChI=1S/C26H29N3/c1-5-13-21(14-6-1)25-26(22-15-7-2-8-16-22)29(24-19-11-4-12-20-24)27-28(25)23-17-9-3-10-18-23/h1,3-6,9-14,17-20,22,25-27H,2,7-8,15-16H2. The molecular formula is C26H29N3. The summed E-state index contributed by atoms with van der Waals surface area (Å²) in [6.07, 6.45) is 6.68. The zero-order valence-electron chi connectivity index (χ0n) is 16.8. The van der Waals surface area contributed by atoms with Gasteiger partial charge in [-0.2, -0.15) is 0 Å². The van der Waals surface area contributed by atoms with Crippen LogP contribution in [0.3, 0.4) is 0 Å². The Morgan fingerprint density at radius 1 is 0.586 bits per heavy atom. The Bertz CT molecular complexity index is 891. The number of hydrazine groups is 2. The van der Waals surface area contributed by atoms with Crippen LogP contribution >= 0.6 is 0 Å². The summed E-state index contributed by atoms with van der Waals surface area (Å²) in [7, 11) is 0. The van der Waals surface area contributed by atoms with Gasteiger partial charge in [0.1, 0.15) is 0 Å². The van der Waals surface area contributed by atoms with E-state index in [4.69, 9.17) is 0 Å². The minimum absolute atomic E-state index is 0.266. The first-order valence-electron chi connectivity index (χ1n) is 10.9. The summed E-state index contributed by atoms with van der Waals surface area (Å²) in [5, 5.41) is 4.81. The van der Waals surface area contributed by atoms with E-state index in [-0.39, 0.29) is 6.04 Å². The second kappa shape index (κ2) is 8.30.